The van der Waals surface area contributed by atoms with Gasteiger partial charge in [-0.15, -0.1) is 11.6 Å². The number of carbonyl (C=O) groups is 2. The topological polar surface area (TPSA) is 84.0 Å². The van der Waals surface area contributed by atoms with E-state index < -0.39 is 17.3 Å². The fraction of sp³-hybridized carbons (Fsp3) is 0.429. The van der Waals surface area contributed by atoms with Gasteiger partial charge in [-0.2, -0.15) is 4.37 Å². The van der Waals surface area contributed by atoms with Crippen LogP contribution in [0.2, 0.25) is 0 Å². The van der Waals surface area contributed by atoms with Gasteiger partial charge in [0.25, 0.3) is 0 Å². The second kappa shape index (κ2) is 5.04. The second-order valence-electron chi connectivity index (χ2n) is 2.71. The highest BCUT2D eigenvalue weighted by atomic mass is 35.5. The first-order valence-corrected chi connectivity index (χ1v) is 5.26. The number of halogens is 1. The van der Waals surface area contributed by atoms with Gasteiger partial charge in [-0.25, -0.2) is 9.78 Å². The fourth-order valence-electron chi connectivity index (χ4n) is 0.688. The summed E-state index contributed by atoms with van der Waals surface area (Å²) in [5.74, 6) is 0.00254. The van der Waals surface area contributed by atoms with Gasteiger partial charge in [0.1, 0.15) is 11.2 Å². The van der Waals surface area contributed by atoms with Gasteiger partial charge in [0.05, 0.1) is 0 Å². The van der Waals surface area contributed by atoms with Crippen molar-refractivity contribution in [1.82, 2.24) is 14.7 Å². The number of rotatable bonds is 2. The van der Waals surface area contributed by atoms with E-state index in [1.165, 1.54) is 6.92 Å². The lowest BCUT2D eigenvalue weighted by Crippen LogP contribution is -2.38. The molecular weight excluding hydrogens is 240 g/mol. The van der Waals surface area contributed by atoms with E-state index in [4.69, 9.17) is 11.6 Å². The summed E-state index contributed by atoms with van der Waals surface area (Å²) in [6.45, 7) is 3.17. The number of carbonyl (C=O) groups excluding carboxylic acids is 2. The zero-order chi connectivity index (χ0) is 11.4. The van der Waals surface area contributed by atoms with Crippen LogP contribution in [0, 0.1) is 6.92 Å². The molecule has 0 fully saturated rings. The molecule has 0 spiro atoms. The van der Waals surface area contributed by atoms with E-state index in [-0.39, 0.29) is 0 Å². The van der Waals surface area contributed by atoms with Gasteiger partial charge in [-0.3, -0.25) is 15.4 Å². The van der Waals surface area contributed by atoms with Crippen molar-refractivity contribution in [3.8, 4) is 0 Å². The molecule has 0 saturated carbocycles. The maximum atomic E-state index is 11.2. The summed E-state index contributed by atoms with van der Waals surface area (Å²) in [4.78, 5) is 26.1. The zero-order valence-electron chi connectivity index (χ0n) is 8.07. The molecule has 1 heterocycles. The number of nitrogens with one attached hydrogen (secondary N) is 2. The molecule has 1 aromatic heterocycles. The first-order valence-electron chi connectivity index (χ1n) is 4.05. The summed E-state index contributed by atoms with van der Waals surface area (Å²) in [6, 6.07) is -0.663. The summed E-state index contributed by atoms with van der Waals surface area (Å²) in [7, 11) is 0. The Morgan fingerprint density at radius 3 is 2.67 bits per heavy atom. The average Bonchev–Trinajstić information content (AvgIpc) is 2.50. The van der Waals surface area contributed by atoms with Crippen molar-refractivity contribution in [2.45, 2.75) is 19.2 Å². The van der Waals surface area contributed by atoms with Crippen LogP contribution in [0.4, 0.5) is 9.93 Å². The van der Waals surface area contributed by atoms with Crippen LogP contribution in [0.3, 0.4) is 0 Å². The molecule has 6 nitrogen and oxygen atoms in total. The highest BCUT2D eigenvalue weighted by molar-refractivity contribution is 7.09. The zero-order valence-corrected chi connectivity index (χ0v) is 9.65. The Kier molecular flexibility index (Phi) is 3.98. The largest absolute Gasteiger partial charge is 0.327 e. The normalized spacial score (nSPS) is 11.9. The minimum atomic E-state index is -0.757. The van der Waals surface area contributed by atoms with Crippen LogP contribution in [-0.4, -0.2) is 26.7 Å². The quantitative estimate of drug-likeness (QED) is 0.769. The third kappa shape index (κ3) is 3.80. The summed E-state index contributed by atoms with van der Waals surface area (Å²) in [5.41, 5.74) is 0. The van der Waals surface area contributed by atoms with Crippen LogP contribution < -0.4 is 10.6 Å². The van der Waals surface area contributed by atoms with E-state index in [0.717, 1.165) is 11.5 Å². The smallest absolute Gasteiger partial charge is 0.282 e. The lowest BCUT2D eigenvalue weighted by molar-refractivity contribution is -0.119. The Balaban J connectivity index is 2.46. The molecule has 1 unspecified atom stereocenters. The van der Waals surface area contributed by atoms with Crippen molar-refractivity contribution >= 4 is 40.2 Å². The molecule has 1 rings (SSSR count). The lowest BCUT2D eigenvalue weighted by Gasteiger charge is -2.04. The third-order valence-corrected chi connectivity index (χ3v) is 2.27. The van der Waals surface area contributed by atoms with Crippen LogP contribution in [0.5, 0.6) is 0 Å². The van der Waals surface area contributed by atoms with E-state index in [1.807, 2.05) is 0 Å². The molecule has 0 aliphatic rings. The number of aromatic nitrogens is 2. The van der Waals surface area contributed by atoms with Crippen molar-refractivity contribution < 1.29 is 9.59 Å². The minimum absolute atomic E-state index is 0.333. The van der Waals surface area contributed by atoms with Gasteiger partial charge >= 0.3 is 6.03 Å². The first kappa shape index (κ1) is 11.9. The molecule has 15 heavy (non-hydrogen) atoms. The van der Waals surface area contributed by atoms with Crippen LogP contribution >= 0.6 is 23.1 Å². The van der Waals surface area contributed by atoms with E-state index in [2.05, 4.69) is 20.0 Å². The number of imide groups is 1. The Bertz CT molecular complexity index is 379. The third-order valence-electron chi connectivity index (χ3n) is 1.35. The second-order valence-corrected chi connectivity index (χ2v) is 4.11. The maximum absolute atomic E-state index is 11.2. The van der Waals surface area contributed by atoms with E-state index in [1.54, 1.807) is 6.92 Å². The summed E-state index contributed by atoms with van der Waals surface area (Å²) >= 11 is 6.50. The van der Waals surface area contributed by atoms with Gasteiger partial charge < -0.3 is 0 Å². The molecule has 0 bridgehead atoms. The Labute approximate surface area is 95.2 Å². The average molecular weight is 249 g/mol. The number of nitrogens with zero attached hydrogens (tertiary/aromatic N) is 2. The van der Waals surface area contributed by atoms with Crippen molar-refractivity contribution in [1.29, 1.82) is 0 Å². The lowest BCUT2D eigenvalue weighted by atomic mass is 10.4. The Morgan fingerprint density at radius 1 is 1.53 bits per heavy atom. The molecule has 0 aliphatic carbocycles. The molecule has 3 amide bonds. The van der Waals surface area contributed by atoms with Gasteiger partial charge in [0.2, 0.25) is 11.0 Å². The van der Waals surface area contributed by atoms with Crippen molar-refractivity contribution in [3.05, 3.63) is 5.82 Å². The monoisotopic (exact) mass is 248 g/mol. The van der Waals surface area contributed by atoms with Crippen LogP contribution in [0.25, 0.3) is 0 Å². The molecular formula is C7H9ClN4O2S. The molecule has 0 radical (unpaired) electrons. The standard InChI is InChI=1S/C7H9ClN4O2S/c1-3(8)5(13)10-6(14)11-7-9-4(2)12-15-7/h3H,1-2H3,(H2,9,10,11,12,13,14). The van der Waals surface area contributed by atoms with Gasteiger partial charge in [-0.1, -0.05) is 0 Å². The van der Waals surface area contributed by atoms with E-state index >= 15 is 0 Å². The van der Waals surface area contributed by atoms with Gasteiger partial charge in [-0.05, 0) is 13.8 Å². The first-order chi connectivity index (χ1) is 6.99. The number of hydrogen-bond donors (Lipinski definition) is 2. The summed E-state index contributed by atoms with van der Waals surface area (Å²) in [5, 5.41) is 3.99. The Morgan fingerprint density at radius 2 is 2.20 bits per heavy atom. The molecule has 0 saturated heterocycles. The molecule has 0 aromatic carbocycles. The molecule has 8 heteroatoms. The van der Waals surface area contributed by atoms with Gasteiger partial charge in [0, 0.05) is 11.5 Å². The molecule has 82 valence electrons. The number of aryl methyl sites for hydroxylation is 1. The maximum Gasteiger partial charge on any atom is 0.327 e. The van der Waals surface area contributed by atoms with E-state index in [9.17, 15) is 9.59 Å². The number of alkyl halides is 1. The van der Waals surface area contributed by atoms with Crippen LogP contribution in [0.1, 0.15) is 12.7 Å². The molecule has 1 aromatic rings. The van der Waals surface area contributed by atoms with Crippen molar-refractivity contribution in [3.63, 3.8) is 0 Å². The fourth-order valence-corrected chi connectivity index (χ4v) is 1.31. The number of amides is 3. The van der Waals surface area contributed by atoms with E-state index in [0.29, 0.717) is 11.0 Å². The SMILES string of the molecule is Cc1nsc(NC(=O)NC(=O)C(C)Cl)n1. The Hall–Kier alpha value is -1.21. The van der Waals surface area contributed by atoms with Gasteiger partial charge in [0.15, 0.2) is 0 Å². The molecule has 0 aliphatic heterocycles. The van der Waals surface area contributed by atoms with Crippen molar-refractivity contribution in [2.75, 3.05) is 5.32 Å². The number of hydrogen-bond acceptors (Lipinski definition) is 5. The van der Waals surface area contributed by atoms with Crippen LogP contribution in [0.15, 0.2) is 0 Å². The van der Waals surface area contributed by atoms with Crippen molar-refractivity contribution in [2.24, 2.45) is 0 Å². The highest BCUT2D eigenvalue weighted by Gasteiger charge is 2.13. The number of urea groups is 1. The predicted octanol–water partition coefficient (Wildman–Crippen LogP) is 1.12. The summed E-state index contributed by atoms with van der Waals surface area (Å²) in [6.07, 6.45) is 0. The van der Waals surface area contributed by atoms with Crippen LogP contribution in [-0.2, 0) is 4.79 Å². The molecule has 1 atom stereocenters. The number of anilines is 1. The predicted molar refractivity (Wildman–Crippen MR) is 57.1 cm³/mol. The summed E-state index contributed by atoms with van der Waals surface area (Å²) < 4.78 is 3.86. The highest BCUT2D eigenvalue weighted by Crippen LogP contribution is 2.09. The molecule has 2 N–H and O–H groups in total. The minimum Gasteiger partial charge on any atom is -0.282 e.